The monoisotopic (exact) mass is 419 g/mol. The Morgan fingerprint density at radius 3 is 2.29 bits per heavy atom. The molecule has 5 nitrogen and oxygen atoms in total. The molecule has 0 aliphatic rings. The Balaban J connectivity index is 2.00. The lowest BCUT2D eigenvalue weighted by Crippen LogP contribution is -3.11. The molecule has 0 bridgehead atoms. The van der Waals surface area contributed by atoms with Crippen molar-refractivity contribution in [1.82, 2.24) is 4.57 Å². The second kappa shape index (κ2) is 9.31. The molecule has 0 amide bonds. The van der Waals surface area contributed by atoms with Crippen molar-refractivity contribution in [2.75, 3.05) is 21.2 Å². The zero-order chi connectivity index (χ0) is 22.7. The van der Waals surface area contributed by atoms with Crippen LogP contribution in [0.4, 0.5) is 0 Å². The summed E-state index contributed by atoms with van der Waals surface area (Å²) in [6.45, 7) is 5.56. The zero-order valence-corrected chi connectivity index (χ0v) is 19.2. The molecule has 0 saturated carbocycles. The van der Waals surface area contributed by atoms with Crippen LogP contribution in [0.1, 0.15) is 44.6 Å². The highest BCUT2D eigenvalue weighted by molar-refractivity contribution is 6.01. The number of hydrogen-bond donors (Lipinski definition) is 1. The summed E-state index contributed by atoms with van der Waals surface area (Å²) >= 11 is 0. The third kappa shape index (κ3) is 4.62. The molecule has 0 unspecified atom stereocenters. The number of carbonyl (C=O) groups is 2. The van der Waals surface area contributed by atoms with Crippen LogP contribution in [-0.4, -0.2) is 43.4 Å². The van der Waals surface area contributed by atoms with Gasteiger partial charge in [-0.15, -0.1) is 0 Å². The van der Waals surface area contributed by atoms with Crippen LogP contribution < -0.4 is 9.64 Å². The van der Waals surface area contributed by atoms with E-state index in [1.807, 2.05) is 70.4 Å². The minimum absolute atomic E-state index is 0.00427. The highest BCUT2D eigenvalue weighted by Crippen LogP contribution is 2.25. The molecule has 0 saturated heterocycles. The van der Waals surface area contributed by atoms with Crippen LogP contribution >= 0.6 is 0 Å². The van der Waals surface area contributed by atoms with E-state index in [0.717, 1.165) is 33.1 Å². The van der Waals surface area contributed by atoms with Gasteiger partial charge in [-0.1, -0.05) is 18.2 Å². The molecule has 2 aromatic carbocycles. The van der Waals surface area contributed by atoms with Crippen molar-refractivity contribution in [2.24, 2.45) is 0 Å². The number of nitrogens with one attached hydrogen (secondary N) is 1. The normalized spacial score (nSPS) is 12.1. The minimum atomic E-state index is -0.305. The number of quaternary nitrogens is 1. The molecular formula is C26H31N2O3+. The highest BCUT2D eigenvalue weighted by Gasteiger charge is 2.30. The first kappa shape index (κ1) is 22.5. The fraction of sp³-hybridized carbons (Fsp3) is 0.308. The molecule has 3 aromatic rings. The summed E-state index contributed by atoms with van der Waals surface area (Å²) in [5, 5.41) is 0. The maximum absolute atomic E-state index is 13.7. The molecule has 0 spiro atoms. The van der Waals surface area contributed by atoms with Gasteiger partial charge in [0.2, 0.25) is 5.78 Å². The lowest BCUT2D eigenvalue weighted by atomic mass is 9.94. The van der Waals surface area contributed by atoms with Gasteiger partial charge in [-0.3, -0.25) is 9.59 Å². The standard InChI is InChI=1S/C26H30N2O3/c1-17-14-23(18(2)28(17)22-10-8-7-9-11-22)26(30)24(27(4)5)16-21-15-20(19(3)29)12-13-25(21)31-6/h7-15,24H,16H2,1-6H3/p+1/t24-/m1/s1. The van der Waals surface area contributed by atoms with Crippen molar-refractivity contribution in [1.29, 1.82) is 0 Å². The van der Waals surface area contributed by atoms with Gasteiger partial charge in [-0.2, -0.15) is 0 Å². The van der Waals surface area contributed by atoms with E-state index < -0.39 is 0 Å². The summed E-state index contributed by atoms with van der Waals surface area (Å²) in [6.07, 6.45) is 0.487. The average molecular weight is 420 g/mol. The third-order valence-electron chi connectivity index (χ3n) is 5.84. The van der Waals surface area contributed by atoms with E-state index in [1.165, 1.54) is 0 Å². The topological polar surface area (TPSA) is 52.7 Å². The van der Waals surface area contributed by atoms with Gasteiger partial charge >= 0.3 is 0 Å². The van der Waals surface area contributed by atoms with Crippen molar-refractivity contribution in [3.8, 4) is 11.4 Å². The molecule has 0 aliphatic carbocycles. The number of rotatable bonds is 8. The number of ether oxygens (including phenoxy) is 1. The highest BCUT2D eigenvalue weighted by atomic mass is 16.5. The van der Waals surface area contributed by atoms with Crippen LogP contribution in [0.3, 0.4) is 0 Å². The Bertz CT molecular complexity index is 1100. The number of para-hydroxylation sites is 1. The van der Waals surface area contributed by atoms with Crippen molar-refractivity contribution in [3.05, 3.63) is 82.7 Å². The summed E-state index contributed by atoms with van der Waals surface area (Å²) in [6, 6.07) is 17.1. The van der Waals surface area contributed by atoms with E-state index in [0.29, 0.717) is 17.7 Å². The van der Waals surface area contributed by atoms with Crippen LogP contribution in [0.5, 0.6) is 5.75 Å². The first-order chi connectivity index (χ1) is 14.7. The lowest BCUT2D eigenvalue weighted by Gasteiger charge is -2.22. The number of nitrogens with zero attached hydrogens (tertiary/aromatic N) is 1. The smallest absolute Gasteiger partial charge is 0.222 e. The van der Waals surface area contributed by atoms with Gasteiger partial charge < -0.3 is 14.2 Å². The summed E-state index contributed by atoms with van der Waals surface area (Å²) in [5.74, 6) is 0.778. The predicted molar refractivity (Wildman–Crippen MR) is 123 cm³/mol. The molecule has 3 rings (SSSR count). The minimum Gasteiger partial charge on any atom is -0.496 e. The fourth-order valence-corrected chi connectivity index (χ4v) is 4.11. The second-order valence-electron chi connectivity index (χ2n) is 8.24. The number of aryl methyl sites for hydroxylation is 1. The maximum Gasteiger partial charge on any atom is 0.222 e. The molecule has 0 aliphatic heterocycles. The molecule has 31 heavy (non-hydrogen) atoms. The summed E-state index contributed by atoms with van der Waals surface area (Å²) in [7, 11) is 5.58. The summed E-state index contributed by atoms with van der Waals surface area (Å²) in [4.78, 5) is 26.6. The quantitative estimate of drug-likeness (QED) is 0.571. The molecule has 0 fully saturated rings. The number of ketones is 2. The van der Waals surface area contributed by atoms with Crippen LogP contribution in [0.2, 0.25) is 0 Å². The van der Waals surface area contributed by atoms with Gasteiger partial charge in [0.25, 0.3) is 0 Å². The Kier molecular flexibility index (Phi) is 6.76. The van der Waals surface area contributed by atoms with Crippen LogP contribution in [0, 0.1) is 13.8 Å². The zero-order valence-electron chi connectivity index (χ0n) is 19.2. The Hall–Kier alpha value is -3.18. The van der Waals surface area contributed by atoms with E-state index >= 15 is 0 Å². The van der Waals surface area contributed by atoms with Crippen LogP contribution in [0.25, 0.3) is 5.69 Å². The third-order valence-corrected chi connectivity index (χ3v) is 5.84. The molecule has 5 heteroatoms. The molecule has 1 atom stereocenters. The largest absolute Gasteiger partial charge is 0.496 e. The Morgan fingerprint density at radius 2 is 1.71 bits per heavy atom. The van der Waals surface area contributed by atoms with Gasteiger partial charge in [0.15, 0.2) is 11.8 Å². The molecule has 162 valence electrons. The van der Waals surface area contributed by atoms with Gasteiger partial charge in [-0.25, -0.2) is 0 Å². The first-order valence-corrected chi connectivity index (χ1v) is 10.5. The van der Waals surface area contributed by atoms with E-state index in [9.17, 15) is 9.59 Å². The van der Waals surface area contributed by atoms with Crippen molar-refractivity contribution in [2.45, 2.75) is 33.2 Å². The van der Waals surface area contributed by atoms with Crippen molar-refractivity contribution >= 4 is 11.6 Å². The number of aromatic nitrogens is 1. The van der Waals surface area contributed by atoms with Gasteiger partial charge in [0, 0.05) is 40.2 Å². The van der Waals surface area contributed by atoms with Crippen LogP contribution in [0.15, 0.2) is 54.6 Å². The summed E-state index contributed by atoms with van der Waals surface area (Å²) in [5.41, 5.74) is 5.22. The lowest BCUT2D eigenvalue weighted by molar-refractivity contribution is -0.874. The number of Topliss-reactive ketones (excluding diaryl/α,β-unsaturated/α-hetero) is 2. The number of carbonyl (C=O) groups excluding carboxylic acids is 2. The average Bonchev–Trinajstić information content (AvgIpc) is 3.05. The number of hydrogen-bond acceptors (Lipinski definition) is 3. The fourth-order valence-electron chi connectivity index (χ4n) is 4.11. The van der Waals surface area contributed by atoms with E-state index in [-0.39, 0.29) is 17.6 Å². The number of methoxy groups -OCH3 is 1. The van der Waals surface area contributed by atoms with E-state index in [1.54, 1.807) is 26.2 Å². The molecule has 1 aromatic heterocycles. The second-order valence-corrected chi connectivity index (χ2v) is 8.24. The Morgan fingerprint density at radius 1 is 1.03 bits per heavy atom. The van der Waals surface area contributed by atoms with Crippen molar-refractivity contribution < 1.29 is 19.2 Å². The molecule has 0 radical (unpaired) electrons. The van der Waals surface area contributed by atoms with Crippen molar-refractivity contribution in [3.63, 3.8) is 0 Å². The van der Waals surface area contributed by atoms with E-state index in [2.05, 4.69) is 4.57 Å². The SMILES string of the molecule is COc1ccc(C(C)=O)cc1C[C@H](C(=O)c1cc(C)n(-c2ccccc2)c1C)[NH+](C)C. The molecular weight excluding hydrogens is 388 g/mol. The first-order valence-electron chi connectivity index (χ1n) is 10.5. The maximum atomic E-state index is 13.7. The summed E-state index contributed by atoms with van der Waals surface area (Å²) < 4.78 is 7.63. The number of likely N-dealkylation sites (N-methyl/N-ethyl adjacent to an activating group) is 1. The Labute approximate surface area is 184 Å². The van der Waals surface area contributed by atoms with Gasteiger partial charge in [0.05, 0.1) is 21.2 Å². The predicted octanol–water partition coefficient (Wildman–Crippen LogP) is 3.24. The van der Waals surface area contributed by atoms with E-state index in [4.69, 9.17) is 4.74 Å². The van der Waals surface area contributed by atoms with Gasteiger partial charge in [0.1, 0.15) is 5.75 Å². The molecule has 1 N–H and O–H groups in total. The number of benzene rings is 2. The molecule has 1 heterocycles. The van der Waals surface area contributed by atoms with Crippen LogP contribution in [-0.2, 0) is 6.42 Å². The van der Waals surface area contributed by atoms with Gasteiger partial charge in [-0.05, 0) is 57.2 Å².